The van der Waals surface area contributed by atoms with E-state index in [4.69, 9.17) is 11.6 Å². The summed E-state index contributed by atoms with van der Waals surface area (Å²) >= 11 is 6.29. The van der Waals surface area contributed by atoms with Crippen molar-refractivity contribution < 1.29 is 0 Å². The molecule has 0 spiro atoms. The van der Waals surface area contributed by atoms with E-state index in [-0.39, 0.29) is 5.56 Å². The molecule has 118 valence electrons. The summed E-state index contributed by atoms with van der Waals surface area (Å²) < 4.78 is 1.61. The Labute approximate surface area is 137 Å². The maximum Gasteiger partial charge on any atom is 0.263 e. The molecule has 1 aromatic carbocycles. The molecule has 0 bridgehead atoms. The van der Waals surface area contributed by atoms with Gasteiger partial charge in [-0.15, -0.1) is 5.10 Å². The lowest BCUT2D eigenvalue weighted by molar-refractivity contribution is 0.875. The van der Waals surface area contributed by atoms with Gasteiger partial charge in [0, 0.05) is 19.3 Å². The lowest BCUT2D eigenvalue weighted by Crippen LogP contribution is -2.23. The van der Waals surface area contributed by atoms with E-state index in [1.807, 2.05) is 25.1 Å². The number of rotatable bonds is 2. The number of hydrogen-bond acceptors (Lipinski definition) is 4. The van der Waals surface area contributed by atoms with Gasteiger partial charge >= 0.3 is 0 Å². The third kappa shape index (κ3) is 2.49. The molecular formula is C16H16ClN5O. The van der Waals surface area contributed by atoms with Crippen LogP contribution in [0.2, 0.25) is 5.02 Å². The number of H-pyrrole nitrogens is 1. The predicted molar refractivity (Wildman–Crippen MR) is 90.7 cm³/mol. The monoisotopic (exact) mass is 329 g/mol. The zero-order valence-corrected chi connectivity index (χ0v) is 13.5. The summed E-state index contributed by atoms with van der Waals surface area (Å²) in [5.74, 6) is 0.597. The van der Waals surface area contributed by atoms with Crippen molar-refractivity contribution in [3.63, 3.8) is 0 Å². The van der Waals surface area contributed by atoms with Crippen LogP contribution in [0.1, 0.15) is 18.4 Å². The first kappa shape index (κ1) is 14.3. The Kier molecular flexibility index (Phi) is 3.34. The Bertz CT molecular complexity index is 939. The molecule has 0 atom stereocenters. The Balaban J connectivity index is 1.84. The van der Waals surface area contributed by atoms with Crippen molar-refractivity contribution in [2.75, 3.05) is 18.0 Å². The van der Waals surface area contributed by atoms with Gasteiger partial charge in [0.1, 0.15) is 5.39 Å². The fourth-order valence-corrected chi connectivity index (χ4v) is 3.23. The number of halogens is 1. The number of nitrogens with zero attached hydrogens (tertiary/aromatic N) is 4. The summed E-state index contributed by atoms with van der Waals surface area (Å²) in [7, 11) is 0. The standard InChI is InChI=1S/C16H16ClN5O/c1-10-4-5-13(12(17)8-10)22-9-11-14(20-22)18-16(19-15(11)23)21-6-2-3-7-21/h4-5,8-9H,2-3,6-7H2,1H3,(H,18,19,20,23). The molecule has 0 saturated carbocycles. The average Bonchev–Trinajstić information content (AvgIpc) is 3.16. The Morgan fingerprint density at radius 1 is 1.26 bits per heavy atom. The summed E-state index contributed by atoms with van der Waals surface area (Å²) in [6.07, 6.45) is 3.91. The smallest absolute Gasteiger partial charge is 0.263 e. The maximum absolute atomic E-state index is 12.3. The van der Waals surface area contributed by atoms with Gasteiger partial charge in [0.05, 0.1) is 10.7 Å². The van der Waals surface area contributed by atoms with Crippen LogP contribution in [-0.4, -0.2) is 32.8 Å². The van der Waals surface area contributed by atoms with Crippen LogP contribution in [0.3, 0.4) is 0 Å². The molecule has 0 unspecified atom stereocenters. The topological polar surface area (TPSA) is 66.8 Å². The second-order valence-electron chi connectivity index (χ2n) is 5.85. The van der Waals surface area contributed by atoms with E-state index >= 15 is 0 Å². The van der Waals surface area contributed by atoms with Gasteiger partial charge in [0.15, 0.2) is 5.65 Å². The third-order valence-electron chi connectivity index (χ3n) is 4.13. The van der Waals surface area contributed by atoms with Crippen molar-refractivity contribution in [2.24, 2.45) is 0 Å². The van der Waals surface area contributed by atoms with Gasteiger partial charge in [0.25, 0.3) is 5.56 Å². The minimum atomic E-state index is -0.175. The van der Waals surface area contributed by atoms with Gasteiger partial charge < -0.3 is 4.90 Å². The van der Waals surface area contributed by atoms with Gasteiger partial charge in [-0.05, 0) is 37.5 Å². The van der Waals surface area contributed by atoms with Gasteiger partial charge in [-0.2, -0.15) is 4.98 Å². The van der Waals surface area contributed by atoms with Crippen molar-refractivity contribution in [2.45, 2.75) is 19.8 Å². The molecule has 1 N–H and O–H groups in total. The summed E-state index contributed by atoms with van der Waals surface area (Å²) in [6, 6.07) is 5.72. The highest BCUT2D eigenvalue weighted by Gasteiger charge is 2.17. The molecule has 0 amide bonds. The average molecular weight is 330 g/mol. The molecule has 2 aromatic heterocycles. The molecular weight excluding hydrogens is 314 g/mol. The first-order valence-corrected chi connectivity index (χ1v) is 8.01. The van der Waals surface area contributed by atoms with Crippen molar-refractivity contribution in [1.29, 1.82) is 0 Å². The van der Waals surface area contributed by atoms with E-state index in [9.17, 15) is 4.79 Å². The lowest BCUT2D eigenvalue weighted by atomic mass is 10.2. The molecule has 7 heteroatoms. The molecule has 0 aliphatic carbocycles. The molecule has 23 heavy (non-hydrogen) atoms. The van der Waals surface area contributed by atoms with E-state index in [2.05, 4.69) is 20.0 Å². The molecule has 1 aliphatic rings. The van der Waals surface area contributed by atoms with Crippen LogP contribution in [0, 0.1) is 6.92 Å². The van der Waals surface area contributed by atoms with Gasteiger partial charge in [-0.25, -0.2) is 4.68 Å². The second-order valence-corrected chi connectivity index (χ2v) is 6.26. The minimum Gasteiger partial charge on any atom is -0.342 e. The number of aryl methyl sites for hydroxylation is 1. The van der Waals surface area contributed by atoms with Crippen LogP contribution < -0.4 is 10.5 Å². The zero-order valence-electron chi connectivity index (χ0n) is 12.7. The van der Waals surface area contributed by atoms with Crippen LogP contribution in [0.25, 0.3) is 16.7 Å². The molecule has 3 heterocycles. The fraction of sp³-hybridized carbons (Fsp3) is 0.312. The van der Waals surface area contributed by atoms with E-state index in [1.54, 1.807) is 10.9 Å². The molecule has 3 aromatic rings. The number of aromatic nitrogens is 4. The van der Waals surface area contributed by atoms with Gasteiger partial charge in [-0.1, -0.05) is 17.7 Å². The van der Waals surface area contributed by atoms with Crippen LogP contribution in [0.15, 0.2) is 29.2 Å². The van der Waals surface area contributed by atoms with E-state index in [0.29, 0.717) is 22.0 Å². The minimum absolute atomic E-state index is 0.175. The summed E-state index contributed by atoms with van der Waals surface area (Å²) in [5, 5.41) is 5.50. The largest absolute Gasteiger partial charge is 0.342 e. The highest BCUT2D eigenvalue weighted by atomic mass is 35.5. The molecule has 1 saturated heterocycles. The normalized spacial score (nSPS) is 14.8. The SMILES string of the molecule is Cc1ccc(-n2cc3c(=O)[nH]c(N4CCCC4)nc3n2)c(Cl)c1. The second kappa shape index (κ2) is 5.38. The Morgan fingerprint density at radius 2 is 2.04 bits per heavy atom. The third-order valence-corrected chi connectivity index (χ3v) is 4.43. The fourth-order valence-electron chi connectivity index (χ4n) is 2.90. The Hall–Kier alpha value is -2.34. The van der Waals surface area contributed by atoms with E-state index < -0.39 is 0 Å². The molecule has 6 nitrogen and oxygen atoms in total. The van der Waals surface area contributed by atoms with Crippen molar-refractivity contribution in [3.8, 4) is 5.69 Å². The number of aromatic amines is 1. The van der Waals surface area contributed by atoms with Crippen LogP contribution >= 0.6 is 11.6 Å². The number of anilines is 1. The quantitative estimate of drug-likeness (QED) is 0.785. The summed E-state index contributed by atoms with van der Waals surface area (Å²) in [6.45, 7) is 3.81. The van der Waals surface area contributed by atoms with Crippen LogP contribution in [0.4, 0.5) is 5.95 Å². The maximum atomic E-state index is 12.3. The van der Waals surface area contributed by atoms with Gasteiger partial charge in [-0.3, -0.25) is 9.78 Å². The summed E-state index contributed by atoms with van der Waals surface area (Å²) in [5.41, 5.74) is 2.07. The van der Waals surface area contributed by atoms with Crippen molar-refractivity contribution in [3.05, 3.63) is 45.3 Å². The van der Waals surface area contributed by atoms with Crippen LogP contribution in [0.5, 0.6) is 0 Å². The van der Waals surface area contributed by atoms with E-state index in [0.717, 1.165) is 37.2 Å². The van der Waals surface area contributed by atoms with E-state index in [1.165, 1.54) is 0 Å². The first-order valence-electron chi connectivity index (χ1n) is 7.63. The summed E-state index contributed by atoms with van der Waals surface area (Å²) in [4.78, 5) is 21.8. The van der Waals surface area contributed by atoms with Crippen molar-refractivity contribution >= 4 is 28.6 Å². The number of fused-ring (bicyclic) bond motifs is 1. The molecule has 1 fully saturated rings. The highest BCUT2D eigenvalue weighted by Crippen LogP contribution is 2.23. The Morgan fingerprint density at radius 3 is 2.78 bits per heavy atom. The molecule has 4 rings (SSSR count). The number of hydrogen-bond donors (Lipinski definition) is 1. The molecule has 0 radical (unpaired) electrons. The van der Waals surface area contributed by atoms with Gasteiger partial charge in [0.2, 0.25) is 5.95 Å². The lowest BCUT2D eigenvalue weighted by Gasteiger charge is -2.14. The number of nitrogens with one attached hydrogen (secondary N) is 1. The zero-order chi connectivity index (χ0) is 16.0. The predicted octanol–water partition coefficient (Wildman–Crippen LogP) is 2.67. The van der Waals surface area contributed by atoms with Crippen molar-refractivity contribution in [1.82, 2.24) is 19.7 Å². The first-order chi connectivity index (χ1) is 11.1. The van der Waals surface area contributed by atoms with Crippen LogP contribution in [-0.2, 0) is 0 Å². The highest BCUT2D eigenvalue weighted by molar-refractivity contribution is 6.32. The number of benzene rings is 1. The molecule has 1 aliphatic heterocycles.